The maximum atomic E-state index is 11.9. The molecule has 2 aromatic heterocycles. The molecule has 1 saturated carbocycles. The molecule has 1 aromatic carbocycles. The van der Waals surface area contributed by atoms with E-state index in [1.807, 2.05) is 12.1 Å². The molecule has 2 aliphatic rings. The number of hydrogen-bond acceptors (Lipinski definition) is 8. The average molecular weight is 466 g/mol. The standard InChI is InChI=1S/C24H31N7OS/c1-15-14-33-22-20(15)21(29-24(3)7-8-24)27-23(28-22)26-17-5-6-19(18(13-17)25-16(2)32)31-11-9-30(4)10-12-31/h5-6,13-14H,7-12H2,1-4H3,(H,25,32)(H2,26,27,28,29). The lowest BCUT2D eigenvalue weighted by Crippen LogP contribution is -2.44. The lowest BCUT2D eigenvalue weighted by Gasteiger charge is -2.35. The monoisotopic (exact) mass is 465 g/mol. The van der Waals surface area contributed by atoms with Crippen LogP contribution in [-0.2, 0) is 4.79 Å². The number of carbonyl (C=O) groups excluding carboxylic acids is 1. The van der Waals surface area contributed by atoms with E-state index in [0.29, 0.717) is 5.95 Å². The molecule has 5 rings (SSSR count). The largest absolute Gasteiger partial charge is 0.367 e. The Morgan fingerprint density at radius 1 is 1.15 bits per heavy atom. The molecular weight excluding hydrogens is 434 g/mol. The SMILES string of the molecule is CC(=O)Nc1cc(Nc2nc(NC3(C)CC3)c3c(C)csc3n2)ccc1N1CCN(C)CC1. The second-order valence-corrected chi connectivity index (χ2v) is 10.4. The minimum atomic E-state index is -0.0848. The van der Waals surface area contributed by atoms with Gasteiger partial charge in [-0.3, -0.25) is 4.79 Å². The molecule has 0 radical (unpaired) electrons. The van der Waals surface area contributed by atoms with Gasteiger partial charge in [0.25, 0.3) is 0 Å². The summed E-state index contributed by atoms with van der Waals surface area (Å²) in [4.78, 5) is 27.1. The highest BCUT2D eigenvalue weighted by Crippen LogP contribution is 2.41. The molecule has 1 aliphatic carbocycles. The van der Waals surface area contributed by atoms with Crippen LogP contribution >= 0.6 is 11.3 Å². The third kappa shape index (κ3) is 4.74. The Hall–Kier alpha value is -2.91. The van der Waals surface area contributed by atoms with Crippen molar-refractivity contribution in [2.24, 2.45) is 0 Å². The number of piperazine rings is 1. The number of aromatic nitrogens is 2. The number of likely N-dealkylation sites (N-methyl/N-ethyl adjacent to an activating group) is 1. The van der Waals surface area contributed by atoms with Gasteiger partial charge in [0.15, 0.2) is 0 Å². The number of anilines is 5. The molecular formula is C24H31N7OS. The number of benzene rings is 1. The third-order valence-electron chi connectivity index (χ3n) is 6.45. The van der Waals surface area contributed by atoms with Crippen molar-refractivity contribution < 1.29 is 4.79 Å². The predicted octanol–water partition coefficient (Wildman–Crippen LogP) is 4.42. The van der Waals surface area contributed by atoms with Crippen LogP contribution < -0.4 is 20.9 Å². The Bertz CT molecular complexity index is 1190. The number of rotatable bonds is 6. The van der Waals surface area contributed by atoms with Crippen LogP contribution in [0.5, 0.6) is 0 Å². The zero-order valence-corrected chi connectivity index (χ0v) is 20.5. The predicted molar refractivity (Wildman–Crippen MR) is 137 cm³/mol. The fraction of sp³-hybridized carbons (Fsp3) is 0.458. The molecule has 9 heteroatoms. The van der Waals surface area contributed by atoms with Crippen LogP contribution in [-0.4, -0.2) is 59.5 Å². The van der Waals surface area contributed by atoms with Crippen molar-refractivity contribution in [2.75, 3.05) is 54.1 Å². The molecule has 0 spiro atoms. The van der Waals surface area contributed by atoms with Gasteiger partial charge >= 0.3 is 0 Å². The van der Waals surface area contributed by atoms with E-state index in [4.69, 9.17) is 9.97 Å². The van der Waals surface area contributed by atoms with Crippen LogP contribution in [0.3, 0.4) is 0 Å². The van der Waals surface area contributed by atoms with E-state index in [0.717, 1.165) is 72.1 Å². The molecule has 0 bridgehead atoms. The van der Waals surface area contributed by atoms with E-state index in [-0.39, 0.29) is 11.4 Å². The number of amides is 1. The van der Waals surface area contributed by atoms with E-state index >= 15 is 0 Å². The molecule has 0 unspecified atom stereocenters. The van der Waals surface area contributed by atoms with Crippen molar-refractivity contribution in [3.05, 3.63) is 29.1 Å². The summed E-state index contributed by atoms with van der Waals surface area (Å²) in [6.07, 6.45) is 2.30. The number of thiophene rings is 1. The molecule has 8 nitrogen and oxygen atoms in total. The van der Waals surface area contributed by atoms with Crippen LogP contribution in [0.15, 0.2) is 23.6 Å². The average Bonchev–Trinajstić information content (AvgIpc) is 3.36. The van der Waals surface area contributed by atoms with Crippen LogP contribution in [0.1, 0.15) is 32.3 Å². The number of nitrogens with one attached hydrogen (secondary N) is 3. The van der Waals surface area contributed by atoms with Gasteiger partial charge in [-0.15, -0.1) is 11.3 Å². The number of nitrogens with zero attached hydrogens (tertiary/aromatic N) is 4. The molecule has 0 atom stereocenters. The van der Waals surface area contributed by atoms with Gasteiger partial charge < -0.3 is 25.8 Å². The highest BCUT2D eigenvalue weighted by atomic mass is 32.1. The highest BCUT2D eigenvalue weighted by Gasteiger charge is 2.38. The molecule has 1 amide bonds. The van der Waals surface area contributed by atoms with Gasteiger partial charge in [0, 0.05) is 44.3 Å². The summed E-state index contributed by atoms with van der Waals surface area (Å²) >= 11 is 1.63. The minimum Gasteiger partial charge on any atom is -0.367 e. The summed E-state index contributed by atoms with van der Waals surface area (Å²) in [6.45, 7) is 9.74. The van der Waals surface area contributed by atoms with Gasteiger partial charge in [-0.05, 0) is 62.9 Å². The summed E-state index contributed by atoms with van der Waals surface area (Å²) in [5, 5.41) is 13.2. The summed E-state index contributed by atoms with van der Waals surface area (Å²) in [5.41, 5.74) is 3.99. The molecule has 1 saturated heterocycles. The minimum absolute atomic E-state index is 0.0848. The Balaban J connectivity index is 1.45. The first-order valence-electron chi connectivity index (χ1n) is 11.5. The van der Waals surface area contributed by atoms with Crippen molar-refractivity contribution in [1.82, 2.24) is 14.9 Å². The molecule has 2 fully saturated rings. The molecule has 3 aromatic rings. The Kier molecular flexibility index (Phi) is 5.62. The Morgan fingerprint density at radius 3 is 2.61 bits per heavy atom. The maximum absolute atomic E-state index is 11.9. The molecule has 3 heterocycles. The molecule has 1 aliphatic heterocycles. The topological polar surface area (TPSA) is 85.4 Å². The van der Waals surface area contributed by atoms with E-state index in [2.05, 4.69) is 58.1 Å². The van der Waals surface area contributed by atoms with E-state index in [9.17, 15) is 4.79 Å². The van der Waals surface area contributed by atoms with Crippen LogP contribution in [0.2, 0.25) is 0 Å². The van der Waals surface area contributed by atoms with Gasteiger partial charge in [0.05, 0.1) is 16.8 Å². The first-order chi connectivity index (χ1) is 15.8. The number of aryl methyl sites for hydroxylation is 1. The smallest absolute Gasteiger partial charge is 0.230 e. The number of fused-ring (bicyclic) bond motifs is 1. The second-order valence-electron chi connectivity index (χ2n) is 9.51. The van der Waals surface area contributed by atoms with E-state index < -0.39 is 0 Å². The molecule has 174 valence electrons. The van der Waals surface area contributed by atoms with Crippen molar-refractivity contribution in [3.63, 3.8) is 0 Å². The second kappa shape index (κ2) is 8.46. The van der Waals surface area contributed by atoms with Gasteiger partial charge in [-0.1, -0.05) is 0 Å². The van der Waals surface area contributed by atoms with Crippen LogP contribution in [0.25, 0.3) is 10.2 Å². The van der Waals surface area contributed by atoms with Crippen molar-refractivity contribution in [1.29, 1.82) is 0 Å². The van der Waals surface area contributed by atoms with E-state index in [1.165, 1.54) is 5.56 Å². The fourth-order valence-electron chi connectivity index (χ4n) is 4.18. The summed E-state index contributed by atoms with van der Waals surface area (Å²) < 4.78 is 0. The highest BCUT2D eigenvalue weighted by molar-refractivity contribution is 7.17. The number of hydrogen-bond donors (Lipinski definition) is 3. The lowest BCUT2D eigenvalue weighted by atomic mass is 10.2. The third-order valence-corrected chi connectivity index (χ3v) is 7.44. The van der Waals surface area contributed by atoms with Gasteiger partial charge in [-0.25, -0.2) is 4.98 Å². The normalized spacial score (nSPS) is 17.8. The lowest BCUT2D eigenvalue weighted by molar-refractivity contribution is -0.114. The van der Waals surface area contributed by atoms with Gasteiger partial charge in [-0.2, -0.15) is 4.98 Å². The van der Waals surface area contributed by atoms with Crippen molar-refractivity contribution >= 4 is 56.3 Å². The van der Waals surface area contributed by atoms with E-state index in [1.54, 1.807) is 18.3 Å². The van der Waals surface area contributed by atoms with Crippen molar-refractivity contribution in [2.45, 2.75) is 39.2 Å². The number of carbonyl (C=O) groups is 1. The summed E-state index contributed by atoms with van der Waals surface area (Å²) in [5.74, 6) is 1.35. The first-order valence-corrected chi connectivity index (χ1v) is 12.3. The Labute approximate surface area is 198 Å². The van der Waals surface area contributed by atoms with Crippen LogP contribution in [0, 0.1) is 6.92 Å². The van der Waals surface area contributed by atoms with Crippen LogP contribution in [0.4, 0.5) is 28.8 Å². The summed E-state index contributed by atoms with van der Waals surface area (Å²) in [6, 6.07) is 6.07. The zero-order chi connectivity index (χ0) is 23.2. The molecule has 3 N–H and O–H groups in total. The molecule has 33 heavy (non-hydrogen) atoms. The first kappa shape index (κ1) is 21.9. The van der Waals surface area contributed by atoms with Gasteiger partial charge in [0.2, 0.25) is 11.9 Å². The Morgan fingerprint density at radius 2 is 1.91 bits per heavy atom. The summed E-state index contributed by atoms with van der Waals surface area (Å²) in [7, 11) is 2.14. The van der Waals surface area contributed by atoms with Crippen molar-refractivity contribution in [3.8, 4) is 0 Å². The zero-order valence-electron chi connectivity index (χ0n) is 19.7. The quantitative estimate of drug-likeness (QED) is 0.497. The van der Waals surface area contributed by atoms with Gasteiger partial charge in [0.1, 0.15) is 10.6 Å². The maximum Gasteiger partial charge on any atom is 0.230 e. The fourth-order valence-corrected chi connectivity index (χ4v) is 5.11.